The molecule has 1 heterocycles. The SMILES string of the molecule is Cc1ccnc(-c2ccc(CN)cc2)c1C=O. The molecule has 1 aromatic carbocycles. The predicted octanol–water partition coefficient (Wildman–Crippen LogP) is 2.33. The van der Waals surface area contributed by atoms with E-state index in [2.05, 4.69) is 4.98 Å². The number of nitrogens with zero attached hydrogens (tertiary/aromatic N) is 1. The number of rotatable bonds is 3. The number of aromatic nitrogens is 1. The molecule has 0 radical (unpaired) electrons. The zero-order chi connectivity index (χ0) is 12.3. The molecular formula is C14H14N2O. The van der Waals surface area contributed by atoms with Crippen LogP contribution in [0.3, 0.4) is 0 Å². The topological polar surface area (TPSA) is 56.0 Å². The molecule has 0 spiro atoms. The molecule has 0 atom stereocenters. The second-order valence-electron chi connectivity index (χ2n) is 3.91. The van der Waals surface area contributed by atoms with Crippen LogP contribution in [0.4, 0.5) is 0 Å². The molecule has 0 aliphatic carbocycles. The van der Waals surface area contributed by atoms with Gasteiger partial charge in [0.1, 0.15) is 0 Å². The van der Waals surface area contributed by atoms with E-state index in [1.807, 2.05) is 37.3 Å². The van der Waals surface area contributed by atoms with Crippen LogP contribution in [0, 0.1) is 6.92 Å². The van der Waals surface area contributed by atoms with Crippen molar-refractivity contribution in [3.8, 4) is 11.3 Å². The minimum absolute atomic E-state index is 0.516. The highest BCUT2D eigenvalue weighted by atomic mass is 16.1. The van der Waals surface area contributed by atoms with Gasteiger partial charge in [0.2, 0.25) is 0 Å². The van der Waals surface area contributed by atoms with Crippen LogP contribution >= 0.6 is 0 Å². The van der Waals surface area contributed by atoms with Crippen molar-refractivity contribution < 1.29 is 4.79 Å². The first-order chi connectivity index (χ1) is 8.26. The van der Waals surface area contributed by atoms with E-state index in [1.165, 1.54) is 0 Å². The van der Waals surface area contributed by atoms with Gasteiger partial charge in [-0.25, -0.2) is 0 Å². The molecule has 0 saturated heterocycles. The molecule has 2 aromatic rings. The van der Waals surface area contributed by atoms with Gasteiger partial charge in [0.15, 0.2) is 6.29 Å². The standard InChI is InChI=1S/C14H14N2O/c1-10-6-7-16-14(13(10)9-17)12-4-2-11(8-15)3-5-12/h2-7,9H,8,15H2,1H3. The molecule has 2 rings (SSSR count). The molecule has 86 valence electrons. The molecule has 1 aromatic heterocycles. The fraction of sp³-hybridized carbons (Fsp3) is 0.143. The number of hydrogen-bond donors (Lipinski definition) is 1. The summed E-state index contributed by atoms with van der Waals surface area (Å²) >= 11 is 0. The first-order valence-corrected chi connectivity index (χ1v) is 5.46. The lowest BCUT2D eigenvalue weighted by Gasteiger charge is -2.07. The molecule has 0 aliphatic heterocycles. The summed E-state index contributed by atoms with van der Waals surface area (Å²) in [7, 11) is 0. The van der Waals surface area contributed by atoms with Gasteiger partial charge in [-0.2, -0.15) is 0 Å². The molecule has 3 heteroatoms. The Kier molecular flexibility index (Phi) is 3.30. The predicted molar refractivity (Wildman–Crippen MR) is 67.7 cm³/mol. The highest BCUT2D eigenvalue weighted by Gasteiger charge is 2.08. The fourth-order valence-corrected chi connectivity index (χ4v) is 1.75. The van der Waals surface area contributed by atoms with Crippen molar-refractivity contribution in [1.29, 1.82) is 0 Å². The monoisotopic (exact) mass is 226 g/mol. The Hall–Kier alpha value is -2.00. The maximum atomic E-state index is 11.1. The Morgan fingerprint density at radius 3 is 2.53 bits per heavy atom. The van der Waals surface area contributed by atoms with Crippen molar-refractivity contribution in [1.82, 2.24) is 4.98 Å². The van der Waals surface area contributed by atoms with Crippen LogP contribution in [0.1, 0.15) is 21.5 Å². The molecule has 0 saturated carbocycles. The van der Waals surface area contributed by atoms with E-state index in [0.29, 0.717) is 12.1 Å². The lowest BCUT2D eigenvalue weighted by atomic mass is 10.0. The van der Waals surface area contributed by atoms with Crippen LogP contribution in [0.15, 0.2) is 36.5 Å². The van der Waals surface area contributed by atoms with E-state index in [1.54, 1.807) is 6.20 Å². The Labute approximate surface area is 100 Å². The summed E-state index contributed by atoms with van der Waals surface area (Å²) in [5, 5.41) is 0. The van der Waals surface area contributed by atoms with Gasteiger partial charge < -0.3 is 5.73 Å². The summed E-state index contributed by atoms with van der Waals surface area (Å²) in [5.41, 5.74) is 9.86. The van der Waals surface area contributed by atoms with E-state index >= 15 is 0 Å². The normalized spacial score (nSPS) is 10.2. The molecule has 0 bridgehead atoms. The number of carbonyl (C=O) groups excluding carboxylic acids is 1. The van der Waals surface area contributed by atoms with Gasteiger partial charge in [-0.15, -0.1) is 0 Å². The van der Waals surface area contributed by atoms with Crippen molar-refractivity contribution in [2.45, 2.75) is 13.5 Å². The van der Waals surface area contributed by atoms with Gasteiger partial charge in [-0.1, -0.05) is 24.3 Å². The van der Waals surface area contributed by atoms with E-state index in [9.17, 15) is 4.79 Å². The largest absolute Gasteiger partial charge is 0.326 e. The van der Waals surface area contributed by atoms with Gasteiger partial charge in [0.05, 0.1) is 5.69 Å². The number of carbonyl (C=O) groups is 1. The number of aryl methyl sites for hydroxylation is 1. The van der Waals surface area contributed by atoms with Crippen molar-refractivity contribution >= 4 is 6.29 Å². The molecule has 0 unspecified atom stereocenters. The average molecular weight is 226 g/mol. The Morgan fingerprint density at radius 2 is 1.94 bits per heavy atom. The summed E-state index contributed by atoms with van der Waals surface area (Å²) in [4.78, 5) is 15.4. The van der Waals surface area contributed by atoms with E-state index in [-0.39, 0.29) is 0 Å². The van der Waals surface area contributed by atoms with Crippen LogP contribution in [0.2, 0.25) is 0 Å². The maximum Gasteiger partial charge on any atom is 0.152 e. The van der Waals surface area contributed by atoms with Crippen LogP contribution in [-0.2, 0) is 6.54 Å². The number of nitrogens with two attached hydrogens (primary N) is 1. The summed E-state index contributed by atoms with van der Waals surface area (Å²) in [6.45, 7) is 2.42. The lowest BCUT2D eigenvalue weighted by molar-refractivity contribution is 0.112. The summed E-state index contributed by atoms with van der Waals surface area (Å²) < 4.78 is 0. The second kappa shape index (κ2) is 4.89. The molecule has 3 nitrogen and oxygen atoms in total. The van der Waals surface area contributed by atoms with Gasteiger partial charge in [-0.05, 0) is 24.1 Å². The van der Waals surface area contributed by atoms with Crippen LogP contribution in [0.25, 0.3) is 11.3 Å². The van der Waals surface area contributed by atoms with E-state index in [0.717, 1.165) is 28.7 Å². The maximum absolute atomic E-state index is 11.1. The number of pyridine rings is 1. The lowest BCUT2D eigenvalue weighted by Crippen LogP contribution is -1.97. The molecule has 17 heavy (non-hydrogen) atoms. The third-order valence-electron chi connectivity index (χ3n) is 2.79. The second-order valence-corrected chi connectivity index (χ2v) is 3.91. The third-order valence-corrected chi connectivity index (χ3v) is 2.79. The molecule has 0 fully saturated rings. The van der Waals surface area contributed by atoms with Gasteiger partial charge >= 0.3 is 0 Å². The van der Waals surface area contributed by atoms with Gasteiger partial charge in [0.25, 0.3) is 0 Å². The minimum Gasteiger partial charge on any atom is -0.326 e. The van der Waals surface area contributed by atoms with Crippen molar-refractivity contribution in [3.05, 3.63) is 53.2 Å². The zero-order valence-electron chi connectivity index (χ0n) is 9.68. The van der Waals surface area contributed by atoms with Crippen molar-refractivity contribution in [2.75, 3.05) is 0 Å². The van der Waals surface area contributed by atoms with Crippen LogP contribution in [-0.4, -0.2) is 11.3 Å². The Morgan fingerprint density at radius 1 is 1.24 bits per heavy atom. The van der Waals surface area contributed by atoms with Gasteiger partial charge in [0, 0.05) is 23.9 Å². The molecule has 0 aliphatic rings. The Balaban J connectivity index is 2.52. The number of hydrogen-bond acceptors (Lipinski definition) is 3. The first-order valence-electron chi connectivity index (χ1n) is 5.46. The van der Waals surface area contributed by atoms with E-state index in [4.69, 9.17) is 5.73 Å². The first kappa shape index (κ1) is 11.5. The number of aldehydes is 1. The van der Waals surface area contributed by atoms with Crippen LogP contribution < -0.4 is 5.73 Å². The summed E-state index contributed by atoms with van der Waals surface area (Å²) in [5.74, 6) is 0. The quantitative estimate of drug-likeness (QED) is 0.817. The summed E-state index contributed by atoms with van der Waals surface area (Å²) in [6, 6.07) is 9.62. The molecule has 2 N–H and O–H groups in total. The van der Waals surface area contributed by atoms with Gasteiger partial charge in [-0.3, -0.25) is 9.78 Å². The highest BCUT2D eigenvalue weighted by molar-refractivity contribution is 5.87. The average Bonchev–Trinajstić information content (AvgIpc) is 2.38. The molecular weight excluding hydrogens is 212 g/mol. The number of benzene rings is 1. The third kappa shape index (κ3) is 2.24. The van der Waals surface area contributed by atoms with Crippen molar-refractivity contribution in [2.24, 2.45) is 5.73 Å². The summed E-state index contributed by atoms with van der Waals surface area (Å²) in [6.07, 6.45) is 2.57. The fourth-order valence-electron chi connectivity index (χ4n) is 1.75. The zero-order valence-corrected chi connectivity index (χ0v) is 9.68. The molecule has 0 amide bonds. The van der Waals surface area contributed by atoms with Crippen molar-refractivity contribution in [3.63, 3.8) is 0 Å². The highest BCUT2D eigenvalue weighted by Crippen LogP contribution is 2.22. The smallest absolute Gasteiger partial charge is 0.152 e. The van der Waals surface area contributed by atoms with Crippen LogP contribution in [0.5, 0.6) is 0 Å². The Bertz CT molecular complexity index is 532. The van der Waals surface area contributed by atoms with E-state index < -0.39 is 0 Å². The minimum atomic E-state index is 0.516.